The molecule has 176 valence electrons. The number of nitrogens with zero attached hydrogens (tertiary/aromatic N) is 1. The number of carbonyl (C=O) groups is 1. The third-order valence-electron chi connectivity index (χ3n) is 5.50. The number of methoxy groups -OCH3 is 1. The summed E-state index contributed by atoms with van der Waals surface area (Å²) >= 11 is 0. The highest BCUT2D eigenvalue weighted by Gasteiger charge is 2.20. The topological polar surface area (TPSA) is 87.7 Å². The molecule has 0 heterocycles. The maximum Gasteiger partial charge on any atom is 0.240 e. The van der Waals surface area contributed by atoms with Crippen LogP contribution in [0.25, 0.3) is 0 Å². The van der Waals surface area contributed by atoms with Crippen molar-refractivity contribution >= 4 is 15.9 Å². The van der Waals surface area contributed by atoms with Gasteiger partial charge in [0.25, 0.3) is 0 Å². The van der Waals surface area contributed by atoms with Crippen LogP contribution in [0.5, 0.6) is 5.75 Å². The van der Waals surface area contributed by atoms with Crippen molar-refractivity contribution in [2.75, 3.05) is 33.3 Å². The first-order chi connectivity index (χ1) is 15.2. The number of amides is 1. The molecule has 0 aliphatic heterocycles. The molecule has 0 saturated carbocycles. The lowest BCUT2D eigenvalue weighted by atomic mass is 10.0. The minimum absolute atomic E-state index is 0.00400. The summed E-state index contributed by atoms with van der Waals surface area (Å²) in [5, 5.41) is 2.96. The van der Waals surface area contributed by atoms with Gasteiger partial charge in [0.1, 0.15) is 5.75 Å². The molecule has 0 saturated heterocycles. The van der Waals surface area contributed by atoms with E-state index in [1.807, 2.05) is 37.3 Å². The first-order valence-electron chi connectivity index (χ1n) is 10.9. The van der Waals surface area contributed by atoms with Crippen LogP contribution in [0.2, 0.25) is 0 Å². The fourth-order valence-electron chi connectivity index (χ4n) is 3.64. The van der Waals surface area contributed by atoms with Gasteiger partial charge < -0.3 is 10.1 Å². The third kappa shape index (κ3) is 7.05. The van der Waals surface area contributed by atoms with Crippen molar-refractivity contribution in [3.05, 3.63) is 59.2 Å². The lowest BCUT2D eigenvalue weighted by Crippen LogP contribution is -2.39. The molecule has 1 atom stereocenters. The zero-order valence-electron chi connectivity index (χ0n) is 19.6. The van der Waals surface area contributed by atoms with Crippen LogP contribution in [-0.2, 0) is 14.8 Å². The molecular formula is C24H35N3O4S. The SMILES string of the molecule is CCN(CC)C(CNC(=O)CCNS(=O)(=O)c1cc(C)ccc1C)c1cccc(OC)c1. The molecule has 7 nitrogen and oxygen atoms in total. The van der Waals surface area contributed by atoms with Gasteiger partial charge in [0, 0.05) is 19.5 Å². The lowest BCUT2D eigenvalue weighted by molar-refractivity contribution is -0.121. The molecular weight excluding hydrogens is 426 g/mol. The molecule has 2 aromatic rings. The Bertz CT molecular complexity index is 1000. The second kappa shape index (κ2) is 12.0. The number of benzene rings is 2. The van der Waals surface area contributed by atoms with E-state index < -0.39 is 10.0 Å². The van der Waals surface area contributed by atoms with Crippen LogP contribution in [0.4, 0.5) is 0 Å². The van der Waals surface area contributed by atoms with Gasteiger partial charge in [0.05, 0.1) is 18.0 Å². The summed E-state index contributed by atoms with van der Waals surface area (Å²) in [5.41, 5.74) is 2.60. The molecule has 0 aromatic heterocycles. The Labute approximate surface area is 192 Å². The van der Waals surface area contributed by atoms with Crippen LogP contribution in [0.15, 0.2) is 47.4 Å². The highest BCUT2D eigenvalue weighted by atomic mass is 32.2. The Morgan fingerprint density at radius 3 is 2.47 bits per heavy atom. The van der Waals surface area contributed by atoms with E-state index in [2.05, 4.69) is 28.8 Å². The standard InChI is InChI=1S/C24H35N3O4S/c1-6-27(7-2)22(20-9-8-10-21(16-20)31-5)17-25-24(28)13-14-26-32(29,30)23-15-18(3)11-12-19(23)4/h8-12,15-16,22,26H,6-7,13-14,17H2,1-5H3,(H,25,28). The van der Waals surface area contributed by atoms with Crippen LogP contribution < -0.4 is 14.8 Å². The summed E-state index contributed by atoms with van der Waals surface area (Å²) < 4.78 is 33.1. The van der Waals surface area contributed by atoms with Crippen molar-refractivity contribution in [2.24, 2.45) is 0 Å². The fraction of sp³-hybridized carbons (Fsp3) is 0.458. The summed E-state index contributed by atoms with van der Waals surface area (Å²) in [7, 11) is -2.03. The minimum atomic E-state index is -3.66. The van der Waals surface area contributed by atoms with E-state index in [0.717, 1.165) is 30.0 Å². The monoisotopic (exact) mass is 461 g/mol. The second-order valence-electron chi connectivity index (χ2n) is 7.73. The smallest absolute Gasteiger partial charge is 0.240 e. The summed E-state index contributed by atoms with van der Waals surface area (Å²) in [4.78, 5) is 15.0. The Hall–Kier alpha value is -2.42. The van der Waals surface area contributed by atoms with Crippen LogP contribution in [-0.4, -0.2) is 52.5 Å². The number of sulfonamides is 1. The van der Waals surface area contributed by atoms with E-state index in [1.165, 1.54) is 0 Å². The second-order valence-corrected chi connectivity index (χ2v) is 9.47. The normalized spacial score (nSPS) is 12.6. The summed E-state index contributed by atoms with van der Waals surface area (Å²) in [6, 6.07) is 13.1. The molecule has 2 N–H and O–H groups in total. The minimum Gasteiger partial charge on any atom is -0.497 e. The van der Waals surface area contributed by atoms with Gasteiger partial charge in [-0.3, -0.25) is 9.69 Å². The van der Waals surface area contributed by atoms with Crippen molar-refractivity contribution in [1.82, 2.24) is 14.9 Å². The highest BCUT2D eigenvalue weighted by molar-refractivity contribution is 7.89. The van der Waals surface area contributed by atoms with Crippen LogP contribution in [0.1, 0.15) is 43.0 Å². The maximum atomic E-state index is 12.6. The maximum absolute atomic E-state index is 12.6. The molecule has 0 bridgehead atoms. The van der Waals surface area contributed by atoms with Crippen LogP contribution in [0.3, 0.4) is 0 Å². The van der Waals surface area contributed by atoms with Crippen molar-refractivity contribution in [3.63, 3.8) is 0 Å². The number of hydrogen-bond donors (Lipinski definition) is 2. The van der Waals surface area contributed by atoms with Gasteiger partial charge in [-0.25, -0.2) is 13.1 Å². The summed E-state index contributed by atoms with van der Waals surface area (Å²) in [5.74, 6) is 0.570. The predicted octanol–water partition coefficient (Wildman–Crippen LogP) is 3.18. The largest absolute Gasteiger partial charge is 0.497 e. The molecule has 0 fully saturated rings. The average molecular weight is 462 g/mol. The van der Waals surface area contributed by atoms with E-state index in [0.29, 0.717) is 12.1 Å². The van der Waals surface area contributed by atoms with Crippen LogP contribution in [0, 0.1) is 13.8 Å². The number of carbonyl (C=O) groups excluding carboxylic acids is 1. The zero-order valence-corrected chi connectivity index (χ0v) is 20.5. The Morgan fingerprint density at radius 2 is 1.81 bits per heavy atom. The summed E-state index contributed by atoms with van der Waals surface area (Å²) in [6.45, 7) is 9.91. The molecule has 1 unspecified atom stereocenters. The van der Waals surface area contributed by atoms with E-state index in [-0.39, 0.29) is 29.8 Å². The first-order valence-corrected chi connectivity index (χ1v) is 12.4. The first kappa shape index (κ1) is 25.8. The van der Waals surface area contributed by atoms with Crippen LogP contribution >= 0.6 is 0 Å². The number of aryl methyl sites for hydroxylation is 2. The Balaban J connectivity index is 1.97. The number of rotatable bonds is 12. The molecule has 0 aliphatic carbocycles. The van der Waals surface area contributed by atoms with Crippen molar-refractivity contribution in [3.8, 4) is 5.75 Å². The van der Waals surface area contributed by atoms with E-state index in [9.17, 15) is 13.2 Å². The lowest BCUT2D eigenvalue weighted by Gasteiger charge is -2.30. The highest BCUT2D eigenvalue weighted by Crippen LogP contribution is 2.24. The molecule has 8 heteroatoms. The van der Waals surface area contributed by atoms with Gasteiger partial charge >= 0.3 is 0 Å². The number of nitrogens with one attached hydrogen (secondary N) is 2. The third-order valence-corrected chi connectivity index (χ3v) is 7.10. The van der Waals surface area contributed by atoms with Gasteiger partial charge in [-0.15, -0.1) is 0 Å². The van der Waals surface area contributed by atoms with E-state index in [1.54, 1.807) is 26.2 Å². The number of ether oxygens (including phenoxy) is 1. The fourth-order valence-corrected chi connectivity index (χ4v) is 5.00. The molecule has 32 heavy (non-hydrogen) atoms. The number of likely N-dealkylation sites (N-methyl/N-ethyl adjacent to an activating group) is 1. The molecule has 2 aromatic carbocycles. The Morgan fingerprint density at radius 1 is 1.09 bits per heavy atom. The van der Waals surface area contributed by atoms with Gasteiger partial charge in [0.2, 0.25) is 15.9 Å². The van der Waals surface area contributed by atoms with Gasteiger partial charge in [-0.05, 0) is 61.8 Å². The Kier molecular flexibility index (Phi) is 9.68. The van der Waals surface area contributed by atoms with Gasteiger partial charge in [-0.1, -0.05) is 38.1 Å². The molecule has 2 rings (SSSR count). The molecule has 0 radical (unpaired) electrons. The molecule has 1 amide bonds. The van der Waals surface area contributed by atoms with Crippen molar-refractivity contribution in [2.45, 2.75) is 45.1 Å². The molecule has 0 aliphatic rings. The summed E-state index contributed by atoms with van der Waals surface area (Å²) in [6.07, 6.45) is 0.0627. The number of hydrogen-bond acceptors (Lipinski definition) is 5. The van der Waals surface area contributed by atoms with E-state index >= 15 is 0 Å². The molecule has 0 spiro atoms. The van der Waals surface area contributed by atoms with Crippen molar-refractivity contribution in [1.29, 1.82) is 0 Å². The quantitative estimate of drug-likeness (QED) is 0.507. The van der Waals surface area contributed by atoms with Crippen molar-refractivity contribution < 1.29 is 17.9 Å². The predicted molar refractivity (Wildman–Crippen MR) is 127 cm³/mol. The van der Waals surface area contributed by atoms with Gasteiger partial charge in [-0.2, -0.15) is 0 Å². The van der Waals surface area contributed by atoms with E-state index in [4.69, 9.17) is 4.74 Å². The van der Waals surface area contributed by atoms with Gasteiger partial charge in [0.15, 0.2) is 0 Å². The zero-order chi connectivity index (χ0) is 23.7. The average Bonchev–Trinajstić information content (AvgIpc) is 2.78.